The Labute approximate surface area is 158 Å². The second-order valence-corrected chi connectivity index (χ2v) is 6.41. The van der Waals surface area contributed by atoms with E-state index >= 15 is 0 Å². The molecule has 1 heterocycles. The first-order chi connectivity index (χ1) is 11.6. The molecule has 2 rings (SSSR count). The van der Waals surface area contributed by atoms with Gasteiger partial charge in [-0.3, -0.25) is 9.59 Å². The zero-order chi connectivity index (χ0) is 17.5. The number of benzene rings is 1. The molecule has 0 radical (unpaired) electrons. The highest BCUT2D eigenvalue weighted by molar-refractivity contribution is 7.14. The van der Waals surface area contributed by atoms with Gasteiger partial charge in [-0.25, -0.2) is 0 Å². The highest BCUT2D eigenvalue weighted by Gasteiger charge is 2.18. The molecule has 1 aromatic heterocycles. The molecule has 1 aromatic carbocycles. The van der Waals surface area contributed by atoms with Crippen molar-refractivity contribution in [3.05, 3.63) is 52.4 Å². The SMILES string of the molecule is CCc1ccc(C(=O)Nc2sccc2C(=O)N(C)CCNC)cc1.Cl. The highest BCUT2D eigenvalue weighted by Crippen LogP contribution is 2.25. The van der Waals surface area contributed by atoms with E-state index in [1.165, 1.54) is 16.9 Å². The molecule has 2 amide bonds. The van der Waals surface area contributed by atoms with E-state index in [2.05, 4.69) is 17.6 Å². The Balaban J connectivity index is 0.00000312. The van der Waals surface area contributed by atoms with E-state index in [4.69, 9.17) is 0 Å². The first-order valence-electron chi connectivity index (χ1n) is 7.94. The summed E-state index contributed by atoms with van der Waals surface area (Å²) in [6, 6.07) is 9.26. The van der Waals surface area contributed by atoms with Gasteiger partial charge in [0.15, 0.2) is 0 Å². The standard InChI is InChI=1S/C18H23N3O2S.ClH/c1-4-13-5-7-14(8-6-13)16(22)20-17-15(9-12-24-17)18(23)21(3)11-10-19-2;/h5-9,12,19H,4,10-11H2,1-3H3,(H,20,22);1H. The van der Waals surface area contributed by atoms with Crippen molar-refractivity contribution in [1.82, 2.24) is 10.2 Å². The van der Waals surface area contributed by atoms with E-state index in [0.29, 0.717) is 22.7 Å². The maximum atomic E-state index is 12.5. The largest absolute Gasteiger partial charge is 0.340 e. The van der Waals surface area contributed by atoms with Crippen LogP contribution in [0.4, 0.5) is 5.00 Å². The van der Waals surface area contributed by atoms with Gasteiger partial charge in [-0.1, -0.05) is 19.1 Å². The summed E-state index contributed by atoms with van der Waals surface area (Å²) in [7, 11) is 3.60. The van der Waals surface area contributed by atoms with E-state index < -0.39 is 0 Å². The number of anilines is 1. The molecule has 0 saturated heterocycles. The van der Waals surface area contributed by atoms with Crippen molar-refractivity contribution in [2.75, 3.05) is 32.5 Å². The molecule has 25 heavy (non-hydrogen) atoms. The lowest BCUT2D eigenvalue weighted by molar-refractivity contribution is 0.0798. The Hall–Kier alpha value is -1.89. The summed E-state index contributed by atoms with van der Waals surface area (Å²) in [5.74, 6) is -0.296. The fourth-order valence-corrected chi connectivity index (χ4v) is 3.00. The Bertz CT molecular complexity index is 701. The van der Waals surface area contributed by atoms with Crippen LogP contribution in [0.3, 0.4) is 0 Å². The Kier molecular flexibility index (Phi) is 8.61. The summed E-state index contributed by atoms with van der Waals surface area (Å²) in [6.07, 6.45) is 0.935. The number of hydrogen-bond donors (Lipinski definition) is 2. The quantitative estimate of drug-likeness (QED) is 0.773. The average Bonchev–Trinajstić information content (AvgIpc) is 3.06. The van der Waals surface area contributed by atoms with Gasteiger partial charge in [0.2, 0.25) is 0 Å². The Morgan fingerprint density at radius 2 is 1.84 bits per heavy atom. The number of rotatable bonds is 7. The van der Waals surface area contributed by atoms with Crippen molar-refractivity contribution in [1.29, 1.82) is 0 Å². The molecule has 0 aliphatic rings. The number of nitrogens with one attached hydrogen (secondary N) is 2. The Morgan fingerprint density at radius 1 is 1.16 bits per heavy atom. The van der Waals surface area contributed by atoms with E-state index in [0.717, 1.165) is 13.0 Å². The smallest absolute Gasteiger partial charge is 0.256 e. The lowest BCUT2D eigenvalue weighted by Crippen LogP contribution is -2.33. The van der Waals surface area contributed by atoms with Crippen molar-refractivity contribution < 1.29 is 9.59 Å². The van der Waals surface area contributed by atoms with Gasteiger partial charge in [0.05, 0.1) is 5.56 Å². The maximum Gasteiger partial charge on any atom is 0.256 e. The summed E-state index contributed by atoms with van der Waals surface area (Å²) in [5, 5.41) is 8.27. The van der Waals surface area contributed by atoms with Crippen LogP contribution in [0.5, 0.6) is 0 Å². The maximum absolute atomic E-state index is 12.5. The molecule has 0 bridgehead atoms. The number of amides is 2. The van der Waals surface area contributed by atoms with Gasteiger partial charge in [0, 0.05) is 25.7 Å². The monoisotopic (exact) mass is 381 g/mol. The molecule has 136 valence electrons. The number of carbonyl (C=O) groups excluding carboxylic acids is 2. The van der Waals surface area contributed by atoms with Gasteiger partial charge >= 0.3 is 0 Å². The third-order valence-corrected chi connectivity index (χ3v) is 4.62. The lowest BCUT2D eigenvalue weighted by Gasteiger charge is -2.17. The predicted molar refractivity (Wildman–Crippen MR) is 106 cm³/mol. The number of likely N-dealkylation sites (N-methyl/N-ethyl adjacent to an activating group) is 2. The summed E-state index contributed by atoms with van der Waals surface area (Å²) in [6.45, 7) is 3.40. The summed E-state index contributed by atoms with van der Waals surface area (Å²) in [5.41, 5.74) is 2.30. The molecule has 0 aliphatic heterocycles. The van der Waals surface area contributed by atoms with Crippen LogP contribution in [0.1, 0.15) is 33.2 Å². The van der Waals surface area contributed by atoms with Gasteiger partial charge in [-0.15, -0.1) is 23.7 Å². The molecule has 2 aromatic rings. The van der Waals surface area contributed by atoms with Gasteiger partial charge in [0.1, 0.15) is 5.00 Å². The number of aryl methyl sites for hydroxylation is 1. The predicted octanol–water partition coefficient (Wildman–Crippen LogP) is 3.28. The molecule has 0 spiro atoms. The normalized spacial score (nSPS) is 10.0. The minimum absolute atomic E-state index is 0. The lowest BCUT2D eigenvalue weighted by atomic mass is 10.1. The van der Waals surface area contributed by atoms with Crippen LogP contribution in [-0.2, 0) is 6.42 Å². The fraction of sp³-hybridized carbons (Fsp3) is 0.333. The summed E-state index contributed by atoms with van der Waals surface area (Å²) < 4.78 is 0. The molecule has 0 saturated carbocycles. The van der Waals surface area contributed by atoms with Crippen LogP contribution in [0.25, 0.3) is 0 Å². The van der Waals surface area contributed by atoms with Crippen LogP contribution < -0.4 is 10.6 Å². The molecule has 2 N–H and O–H groups in total. The van der Waals surface area contributed by atoms with Gasteiger partial charge in [-0.05, 0) is 42.6 Å². The summed E-state index contributed by atoms with van der Waals surface area (Å²) >= 11 is 1.35. The van der Waals surface area contributed by atoms with Crippen LogP contribution in [0, 0.1) is 0 Å². The zero-order valence-corrected chi connectivity index (χ0v) is 16.3. The first-order valence-corrected chi connectivity index (χ1v) is 8.82. The topological polar surface area (TPSA) is 61.4 Å². The van der Waals surface area contributed by atoms with E-state index in [1.807, 2.05) is 36.7 Å². The van der Waals surface area contributed by atoms with E-state index in [1.54, 1.807) is 18.0 Å². The number of hydrogen-bond acceptors (Lipinski definition) is 4. The molecule has 0 atom stereocenters. The van der Waals surface area contributed by atoms with Crippen LogP contribution in [0.2, 0.25) is 0 Å². The van der Waals surface area contributed by atoms with Crippen molar-refractivity contribution in [3.8, 4) is 0 Å². The second kappa shape index (κ2) is 10.2. The van der Waals surface area contributed by atoms with E-state index in [9.17, 15) is 9.59 Å². The minimum Gasteiger partial charge on any atom is -0.340 e. The second-order valence-electron chi connectivity index (χ2n) is 5.50. The first kappa shape index (κ1) is 21.2. The molecule has 5 nitrogen and oxygen atoms in total. The number of nitrogens with zero attached hydrogens (tertiary/aromatic N) is 1. The average molecular weight is 382 g/mol. The van der Waals surface area contributed by atoms with Crippen molar-refractivity contribution >= 4 is 40.6 Å². The molecule has 0 aliphatic carbocycles. The third-order valence-electron chi connectivity index (χ3n) is 3.79. The van der Waals surface area contributed by atoms with Crippen LogP contribution >= 0.6 is 23.7 Å². The molecule has 7 heteroatoms. The summed E-state index contributed by atoms with van der Waals surface area (Å²) in [4.78, 5) is 26.5. The van der Waals surface area contributed by atoms with Crippen molar-refractivity contribution in [2.45, 2.75) is 13.3 Å². The molecule has 0 fully saturated rings. The van der Waals surface area contributed by atoms with Crippen LogP contribution in [0.15, 0.2) is 35.7 Å². The minimum atomic E-state index is -0.202. The molecular formula is C18H24ClN3O2S. The number of thiophene rings is 1. The van der Waals surface area contributed by atoms with Crippen molar-refractivity contribution in [3.63, 3.8) is 0 Å². The van der Waals surface area contributed by atoms with Gasteiger partial charge in [0.25, 0.3) is 11.8 Å². The van der Waals surface area contributed by atoms with Gasteiger partial charge < -0.3 is 15.5 Å². The Morgan fingerprint density at radius 3 is 2.44 bits per heavy atom. The van der Waals surface area contributed by atoms with Gasteiger partial charge in [-0.2, -0.15) is 0 Å². The zero-order valence-electron chi connectivity index (χ0n) is 14.7. The highest BCUT2D eigenvalue weighted by atomic mass is 35.5. The molecular weight excluding hydrogens is 358 g/mol. The van der Waals surface area contributed by atoms with Crippen molar-refractivity contribution in [2.24, 2.45) is 0 Å². The fourth-order valence-electron chi connectivity index (χ4n) is 2.23. The van der Waals surface area contributed by atoms with Crippen LogP contribution in [-0.4, -0.2) is 43.9 Å². The number of carbonyl (C=O) groups is 2. The number of halogens is 1. The van der Waals surface area contributed by atoms with E-state index in [-0.39, 0.29) is 24.2 Å². The third kappa shape index (κ3) is 5.56. The molecule has 0 unspecified atom stereocenters.